The summed E-state index contributed by atoms with van der Waals surface area (Å²) in [6, 6.07) is 6.01. The van der Waals surface area contributed by atoms with Crippen molar-refractivity contribution in [2.45, 2.75) is 38.8 Å². The average molecular weight is 341 g/mol. The van der Waals surface area contributed by atoms with Crippen LogP contribution in [0.2, 0.25) is 0 Å². The number of halogens is 1. The topological polar surface area (TPSA) is 55.6 Å². The lowest BCUT2D eigenvalue weighted by atomic mass is 10.1. The minimum absolute atomic E-state index is 0.0469. The molecular formula is C15H21BrN2O2. The Hall–Kier alpha value is -1.07. The molecule has 1 amide bonds. The summed E-state index contributed by atoms with van der Waals surface area (Å²) < 4.78 is 6.62. The second-order valence-corrected chi connectivity index (χ2v) is 6.09. The van der Waals surface area contributed by atoms with Gasteiger partial charge in [0.05, 0.1) is 0 Å². The molecule has 2 rings (SSSR count). The van der Waals surface area contributed by atoms with E-state index in [4.69, 9.17) is 10.5 Å². The van der Waals surface area contributed by atoms with Crippen LogP contribution in [0, 0.1) is 0 Å². The second kappa shape index (κ2) is 6.59. The van der Waals surface area contributed by atoms with Crippen molar-refractivity contribution in [3.63, 3.8) is 0 Å². The predicted molar refractivity (Wildman–Crippen MR) is 82.6 cm³/mol. The third-order valence-electron chi connectivity index (χ3n) is 3.47. The quantitative estimate of drug-likeness (QED) is 0.866. The number of nitrogens with zero attached hydrogens (tertiary/aromatic N) is 1. The molecule has 0 bridgehead atoms. The van der Waals surface area contributed by atoms with Gasteiger partial charge in [-0.05, 0) is 38.8 Å². The first-order valence-corrected chi connectivity index (χ1v) is 7.79. The van der Waals surface area contributed by atoms with Gasteiger partial charge in [0.25, 0.3) is 5.91 Å². The smallest absolute Gasteiger partial charge is 0.260 e. The van der Waals surface area contributed by atoms with Crippen LogP contribution in [0.4, 0.5) is 0 Å². The van der Waals surface area contributed by atoms with E-state index in [1.165, 1.54) is 0 Å². The highest BCUT2D eigenvalue weighted by Crippen LogP contribution is 2.29. The summed E-state index contributed by atoms with van der Waals surface area (Å²) >= 11 is 3.41. The summed E-state index contributed by atoms with van der Waals surface area (Å²) in [5, 5.41) is 0. The van der Waals surface area contributed by atoms with Crippen molar-refractivity contribution in [1.82, 2.24) is 4.90 Å². The van der Waals surface area contributed by atoms with Crippen molar-refractivity contribution < 1.29 is 9.53 Å². The Morgan fingerprint density at radius 2 is 2.25 bits per heavy atom. The maximum atomic E-state index is 12.2. The highest BCUT2D eigenvalue weighted by molar-refractivity contribution is 9.10. The fraction of sp³-hybridized carbons (Fsp3) is 0.533. The fourth-order valence-corrected chi connectivity index (χ4v) is 2.60. The lowest BCUT2D eigenvalue weighted by Gasteiger charge is -2.21. The van der Waals surface area contributed by atoms with Gasteiger partial charge in [-0.25, -0.2) is 0 Å². The molecule has 1 aliphatic carbocycles. The molecule has 1 fully saturated rings. The minimum atomic E-state index is -0.126. The van der Waals surface area contributed by atoms with Gasteiger partial charge >= 0.3 is 0 Å². The SMILES string of the molecule is CCN(C(=O)COc1cc(Br)ccc1C(C)N)C1CC1. The van der Waals surface area contributed by atoms with Gasteiger partial charge in [-0.2, -0.15) is 0 Å². The fourth-order valence-electron chi connectivity index (χ4n) is 2.26. The van der Waals surface area contributed by atoms with Crippen molar-refractivity contribution >= 4 is 21.8 Å². The zero-order valence-corrected chi connectivity index (χ0v) is 13.5. The number of amides is 1. The number of ether oxygens (including phenoxy) is 1. The Morgan fingerprint density at radius 3 is 2.80 bits per heavy atom. The van der Waals surface area contributed by atoms with Crippen LogP contribution in [-0.2, 0) is 4.79 Å². The van der Waals surface area contributed by atoms with Crippen molar-refractivity contribution in [1.29, 1.82) is 0 Å². The van der Waals surface area contributed by atoms with Crippen LogP contribution in [0.5, 0.6) is 5.75 Å². The summed E-state index contributed by atoms with van der Waals surface area (Å²) in [6.45, 7) is 4.72. The number of hydrogen-bond donors (Lipinski definition) is 1. The van der Waals surface area contributed by atoms with E-state index in [0.717, 1.165) is 29.4 Å². The molecule has 0 radical (unpaired) electrons. The molecule has 1 unspecified atom stereocenters. The zero-order valence-electron chi connectivity index (χ0n) is 11.9. The third kappa shape index (κ3) is 3.73. The molecule has 110 valence electrons. The molecule has 4 nitrogen and oxygen atoms in total. The van der Waals surface area contributed by atoms with Crippen LogP contribution in [0.1, 0.15) is 38.3 Å². The Morgan fingerprint density at radius 1 is 1.55 bits per heavy atom. The maximum Gasteiger partial charge on any atom is 0.260 e. The Bertz CT molecular complexity index is 487. The van der Waals surface area contributed by atoms with Crippen LogP contribution in [-0.4, -0.2) is 30.0 Å². The minimum Gasteiger partial charge on any atom is -0.483 e. The maximum absolute atomic E-state index is 12.2. The van der Waals surface area contributed by atoms with Crippen molar-refractivity contribution in [2.75, 3.05) is 13.2 Å². The summed E-state index contributed by atoms with van der Waals surface area (Å²) in [7, 11) is 0. The van der Waals surface area contributed by atoms with Gasteiger partial charge in [-0.15, -0.1) is 0 Å². The molecular weight excluding hydrogens is 320 g/mol. The Balaban J connectivity index is 2.02. The van der Waals surface area contributed by atoms with E-state index in [2.05, 4.69) is 15.9 Å². The van der Waals surface area contributed by atoms with Crippen LogP contribution >= 0.6 is 15.9 Å². The molecule has 1 aliphatic rings. The van der Waals surface area contributed by atoms with Gasteiger partial charge in [0.2, 0.25) is 0 Å². The van der Waals surface area contributed by atoms with E-state index in [0.29, 0.717) is 11.8 Å². The number of nitrogens with two attached hydrogens (primary N) is 1. The van der Waals surface area contributed by atoms with Crippen molar-refractivity contribution in [2.24, 2.45) is 5.73 Å². The summed E-state index contributed by atoms with van der Waals surface area (Å²) in [6.07, 6.45) is 2.23. The van der Waals surface area contributed by atoms with E-state index in [1.807, 2.05) is 36.9 Å². The highest BCUT2D eigenvalue weighted by Gasteiger charge is 2.31. The van der Waals surface area contributed by atoms with Crippen molar-refractivity contribution in [3.05, 3.63) is 28.2 Å². The molecule has 1 aromatic rings. The molecule has 0 aliphatic heterocycles. The Labute approximate surface area is 128 Å². The van der Waals surface area contributed by atoms with Crippen molar-refractivity contribution in [3.8, 4) is 5.75 Å². The lowest BCUT2D eigenvalue weighted by Crippen LogP contribution is -2.36. The van der Waals surface area contributed by atoms with Gasteiger partial charge < -0.3 is 15.4 Å². The molecule has 0 spiro atoms. The van der Waals surface area contributed by atoms with E-state index in [1.54, 1.807) is 0 Å². The molecule has 1 aromatic carbocycles. The molecule has 5 heteroatoms. The third-order valence-corrected chi connectivity index (χ3v) is 3.96. The number of carbonyl (C=O) groups is 1. The highest BCUT2D eigenvalue weighted by atomic mass is 79.9. The summed E-state index contributed by atoms with van der Waals surface area (Å²) in [5.74, 6) is 0.722. The van der Waals surface area contributed by atoms with E-state index >= 15 is 0 Å². The van der Waals surface area contributed by atoms with E-state index in [-0.39, 0.29) is 18.6 Å². The predicted octanol–water partition coefficient (Wildman–Crippen LogP) is 2.86. The first-order chi connectivity index (χ1) is 9.52. The molecule has 1 atom stereocenters. The average Bonchev–Trinajstić information content (AvgIpc) is 3.21. The number of hydrogen-bond acceptors (Lipinski definition) is 3. The second-order valence-electron chi connectivity index (χ2n) is 5.17. The number of rotatable bonds is 6. The molecule has 0 aromatic heterocycles. The van der Waals surface area contributed by atoms with E-state index < -0.39 is 0 Å². The molecule has 1 saturated carbocycles. The van der Waals surface area contributed by atoms with Gasteiger partial charge in [0.1, 0.15) is 5.75 Å². The first kappa shape index (κ1) is 15.3. The summed E-state index contributed by atoms with van der Waals surface area (Å²) in [5.41, 5.74) is 6.84. The van der Waals surface area contributed by atoms with Crippen LogP contribution < -0.4 is 10.5 Å². The molecule has 20 heavy (non-hydrogen) atoms. The number of likely N-dealkylation sites (N-methyl/N-ethyl adjacent to an activating group) is 1. The number of carbonyl (C=O) groups excluding carboxylic acids is 1. The molecule has 2 N–H and O–H groups in total. The largest absolute Gasteiger partial charge is 0.483 e. The standard InChI is InChI=1S/C15H21BrN2O2/c1-3-18(12-5-6-12)15(19)9-20-14-8-11(16)4-7-13(14)10(2)17/h4,7-8,10,12H,3,5-6,9,17H2,1-2H3. The van der Waals surface area contributed by atoms with Crippen LogP contribution in [0.15, 0.2) is 22.7 Å². The van der Waals surface area contributed by atoms with Crippen LogP contribution in [0.3, 0.4) is 0 Å². The molecule has 0 heterocycles. The van der Waals surface area contributed by atoms with Crippen LogP contribution in [0.25, 0.3) is 0 Å². The van der Waals surface area contributed by atoms with Gasteiger partial charge in [-0.1, -0.05) is 22.0 Å². The Kier molecular flexibility index (Phi) is 5.05. The molecule has 0 saturated heterocycles. The number of benzene rings is 1. The van der Waals surface area contributed by atoms with Gasteiger partial charge in [0, 0.05) is 28.7 Å². The first-order valence-electron chi connectivity index (χ1n) is 7.00. The zero-order chi connectivity index (χ0) is 14.7. The lowest BCUT2D eigenvalue weighted by molar-refractivity contribution is -0.133. The summed E-state index contributed by atoms with van der Waals surface area (Å²) in [4.78, 5) is 14.0. The van der Waals surface area contributed by atoms with Gasteiger partial charge in [0.15, 0.2) is 6.61 Å². The van der Waals surface area contributed by atoms with Gasteiger partial charge in [-0.3, -0.25) is 4.79 Å². The van der Waals surface area contributed by atoms with E-state index in [9.17, 15) is 4.79 Å². The normalized spacial score (nSPS) is 15.8. The monoisotopic (exact) mass is 340 g/mol.